The second kappa shape index (κ2) is 6.27. The van der Waals surface area contributed by atoms with Gasteiger partial charge in [0.25, 0.3) is 0 Å². The van der Waals surface area contributed by atoms with Gasteiger partial charge in [-0.2, -0.15) is 0 Å². The van der Waals surface area contributed by atoms with Gasteiger partial charge in [0.05, 0.1) is 17.7 Å². The molecule has 1 heterocycles. The van der Waals surface area contributed by atoms with Crippen LogP contribution in [0.2, 0.25) is 10.0 Å². The van der Waals surface area contributed by atoms with Crippen molar-refractivity contribution in [2.75, 3.05) is 0 Å². The quantitative estimate of drug-likeness (QED) is 0.913. The molecule has 114 valence electrons. The Hall–Kier alpha value is -1.58. The number of hydrogen-bond donors (Lipinski definition) is 1. The lowest BCUT2D eigenvalue weighted by molar-refractivity contribution is -0.130. The molecule has 1 fully saturated rings. The van der Waals surface area contributed by atoms with E-state index in [1.807, 2.05) is 24.3 Å². The van der Waals surface area contributed by atoms with Crippen LogP contribution in [0.15, 0.2) is 42.6 Å². The van der Waals surface area contributed by atoms with Crippen molar-refractivity contribution < 1.29 is 4.79 Å². The lowest BCUT2D eigenvalue weighted by Gasteiger charge is -2.41. The molecule has 3 rings (SSSR count). The number of nitrogens with zero attached hydrogens (tertiary/aromatic N) is 1. The third-order valence-electron chi connectivity index (χ3n) is 4.24. The van der Waals surface area contributed by atoms with E-state index in [9.17, 15) is 4.79 Å². The molecule has 0 radical (unpaired) electrons. The van der Waals surface area contributed by atoms with Gasteiger partial charge in [0.1, 0.15) is 0 Å². The normalized spacial score (nSPS) is 15.9. The van der Waals surface area contributed by atoms with Gasteiger partial charge in [0.15, 0.2) is 0 Å². The highest BCUT2D eigenvalue weighted by atomic mass is 35.5. The third-order valence-corrected chi connectivity index (χ3v) is 4.79. The van der Waals surface area contributed by atoms with E-state index in [1.165, 1.54) is 0 Å². The Kier molecular flexibility index (Phi) is 4.37. The summed E-state index contributed by atoms with van der Waals surface area (Å²) in [5, 5.41) is 4.13. The minimum Gasteiger partial charge on any atom is -0.350 e. The highest BCUT2D eigenvalue weighted by Crippen LogP contribution is 2.47. The smallest absolute Gasteiger partial charge is 0.231 e. The van der Waals surface area contributed by atoms with Crippen LogP contribution >= 0.6 is 23.2 Å². The first-order valence-corrected chi connectivity index (χ1v) is 8.01. The molecule has 0 saturated heterocycles. The van der Waals surface area contributed by atoms with E-state index in [1.54, 1.807) is 18.3 Å². The Morgan fingerprint density at radius 2 is 2.05 bits per heavy atom. The van der Waals surface area contributed by atoms with E-state index in [4.69, 9.17) is 23.2 Å². The fraction of sp³-hybridized carbons (Fsp3) is 0.294. The van der Waals surface area contributed by atoms with Crippen molar-refractivity contribution in [3.8, 4) is 0 Å². The number of pyridine rings is 1. The van der Waals surface area contributed by atoms with Gasteiger partial charge in [-0.1, -0.05) is 41.8 Å². The molecule has 0 unspecified atom stereocenters. The molecular weight excluding hydrogens is 319 g/mol. The molecule has 1 aromatic heterocycles. The van der Waals surface area contributed by atoms with Crippen LogP contribution in [0.5, 0.6) is 0 Å². The van der Waals surface area contributed by atoms with Crippen LogP contribution in [0.25, 0.3) is 0 Å². The average molecular weight is 335 g/mol. The number of carbonyl (C=O) groups is 1. The van der Waals surface area contributed by atoms with E-state index >= 15 is 0 Å². The number of carbonyl (C=O) groups excluding carboxylic acids is 1. The first-order valence-electron chi connectivity index (χ1n) is 7.25. The molecule has 2 aromatic rings. The molecule has 5 heteroatoms. The number of nitrogens with one attached hydrogen (secondary N) is 1. The lowest BCUT2D eigenvalue weighted by atomic mass is 9.63. The van der Waals surface area contributed by atoms with Crippen molar-refractivity contribution in [2.45, 2.75) is 31.2 Å². The number of benzene rings is 1. The predicted molar refractivity (Wildman–Crippen MR) is 88.1 cm³/mol. The molecule has 0 bridgehead atoms. The van der Waals surface area contributed by atoms with Gasteiger partial charge < -0.3 is 5.32 Å². The second-order valence-electron chi connectivity index (χ2n) is 5.56. The van der Waals surface area contributed by atoms with Crippen molar-refractivity contribution in [3.63, 3.8) is 0 Å². The summed E-state index contributed by atoms with van der Waals surface area (Å²) in [4.78, 5) is 16.9. The molecule has 0 spiro atoms. The Morgan fingerprint density at radius 3 is 2.64 bits per heavy atom. The highest BCUT2D eigenvalue weighted by molar-refractivity contribution is 6.35. The van der Waals surface area contributed by atoms with Crippen molar-refractivity contribution in [1.29, 1.82) is 0 Å². The summed E-state index contributed by atoms with van der Waals surface area (Å²) in [7, 11) is 0. The Bertz CT molecular complexity index is 684. The number of hydrogen-bond acceptors (Lipinski definition) is 2. The minimum absolute atomic E-state index is 0.00799. The van der Waals surface area contributed by atoms with Gasteiger partial charge in [-0.25, -0.2) is 0 Å². The summed E-state index contributed by atoms with van der Waals surface area (Å²) >= 11 is 12.3. The molecule has 1 aliphatic carbocycles. The summed E-state index contributed by atoms with van der Waals surface area (Å²) in [6.45, 7) is 0.423. The molecule has 22 heavy (non-hydrogen) atoms. The molecule has 3 nitrogen and oxygen atoms in total. The third kappa shape index (κ3) is 2.83. The monoisotopic (exact) mass is 334 g/mol. The zero-order chi connectivity index (χ0) is 15.6. The van der Waals surface area contributed by atoms with Crippen LogP contribution in [0, 0.1) is 0 Å². The molecular formula is C17H16Cl2N2O. The fourth-order valence-electron chi connectivity index (χ4n) is 2.87. The van der Waals surface area contributed by atoms with E-state index in [-0.39, 0.29) is 5.91 Å². The zero-order valence-corrected chi connectivity index (χ0v) is 13.5. The Morgan fingerprint density at radius 1 is 1.23 bits per heavy atom. The van der Waals surface area contributed by atoms with Crippen LogP contribution < -0.4 is 5.32 Å². The van der Waals surface area contributed by atoms with Crippen LogP contribution in [-0.4, -0.2) is 10.9 Å². The molecule has 1 saturated carbocycles. The van der Waals surface area contributed by atoms with Crippen molar-refractivity contribution in [3.05, 3.63) is 63.9 Å². The Balaban J connectivity index is 1.79. The van der Waals surface area contributed by atoms with Gasteiger partial charge in [-0.3, -0.25) is 9.78 Å². The van der Waals surface area contributed by atoms with Crippen molar-refractivity contribution >= 4 is 29.1 Å². The fourth-order valence-corrected chi connectivity index (χ4v) is 3.46. The molecule has 1 aliphatic rings. The van der Waals surface area contributed by atoms with Crippen LogP contribution in [0.4, 0.5) is 0 Å². The molecule has 1 aromatic carbocycles. The van der Waals surface area contributed by atoms with E-state index in [0.717, 1.165) is 30.5 Å². The SMILES string of the molecule is O=C(NCc1ccccn1)C1(c2ccc(Cl)cc2Cl)CCC1. The van der Waals surface area contributed by atoms with Gasteiger partial charge in [0, 0.05) is 16.2 Å². The van der Waals surface area contributed by atoms with E-state index in [2.05, 4.69) is 10.3 Å². The molecule has 1 amide bonds. The zero-order valence-electron chi connectivity index (χ0n) is 12.0. The predicted octanol–water partition coefficient (Wildman–Crippen LogP) is 4.13. The summed E-state index contributed by atoms with van der Waals surface area (Å²) in [6.07, 6.45) is 4.36. The highest BCUT2D eigenvalue weighted by Gasteiger charge is 2.46. The van der Waals surface area contributed by atoms with Crippen LogP contribution in [0.3, 0.4) is 0 Å². The molecule has 0 aliphatic heterocycles. The summed E-state index contributed by atoms with van der Waals surface area (Å²) in [5.74, 6) is 0.00799. The summed E-state index contributed by atoms with van der Waals surface area (Å²) in [5.41, 5.74) is 1.17. The number of aromatic nitrogens is 1. The maximum atomic E-state index is 12.7. The topological polar surface area (TPSA) is 42.0 Å². The second-order valence-corrected chi connectivity index (χ2v) is 6.41. The number of halogens is 2. The van der Waals surface area contributed by atoms with Crippen LogP contribution in [-0.2, 0) is 16.8 Å². The number of amides is 1. The van der Waals surface area contributed by atoms with Gasteiger partial charge in [0.2, 0.25) is 5.91 Å². The first-order chi connectivity index (χ1) is 10.6. The number of rotatable bonds is 4. The average Bonchev–Trinajstić information content (AvgIpc) is 2.47. The first kappa shape index (κ1) is 15.3. The van der Waals surface area contributed by atoms with Crippen LogP contribution in [0.1, 0.15) is 30.5 Å². The lowest BCUT2D eigenvalue weighted by Crippen LogP contribution is -2.49. The largest absolute Gasteiger partial charge is 0.350 e. The summed E-state index contributed by atoms with van der Waals surface area (Å²) in [6, 6.07) is 11.0. The van der Waals surface area contributed by atoms with Crippen molar-refractivity contribution in [1.82, 2.24) is 10.3 Å². The van der Waals surface area contributed by atoms with E-state index in [0.29, 0.717) is 16.6 Å². The standard InChI is InChI=1S/C17H16Cl2N2O/c18-12-5-6-14(15(19)10-12)17(7-3-8-17)16(22)21-11-13-4-1-2-9-20-13/h1-2,4-6,9-10H,3,7-8,11H2,(H,21,22). The molecule has 0 atom stereocenters. The summed E-state index contributed by atoms with van der Waals surface area (Å²) < 4.78 is 0. The molecule has 1 N–H and O–H groups in total. The van der Waals surface area contributed by atoms with Crippen molar-refractivity contribution in [2.24, 2.45) is 0 Å². The maximum Gasteiger partial charge on any atom is 0.231 e. The Labute approximate surface area is 139 Å². The van der Waals surface area contributed by atoms with Gasteiger partial charge in [-0.15, -0.1) is 0 Å². The van der Waals surface area contributed by atoms with Gasteiger partial charge in [-0.05, 0) is 42.7 Å². The maximum absolute atomic E-state index is 12.7. The van der Waals surface area contributed by atoms with E-state index < -0.39 is 5.41 Å². The minimum atomic E-state index is -0.531. The van der Waals surface area contributed by atoms with Gasteiger partial charge >= 0.3 is 0 Å².